The van der Waals surface area contributed by atoms with Crippen molar-refractivity contribution in [3.05, 3.63) is 46.1 Å². The summed E-state index contributed by atoms with van der Waals surface area (Å²) in [4.78, 5) is 4.41. The molecule has 0 amide bonds. The zero-order chi connectivity index (χ0) is 18.2. The molecule has 0 spiro atoms. The van der Waals surface area contributed by atoms with E-state index < -0.39 is 0 Å². The van der Waals surface area contributed by atoms with Gasteiger partial charge in [0, 0.05) is 22.0 Å². The molecule has 136 valence electrons. The maximum atomic E-state index is 9.60. The third kappa shape index (κ3) is 5.26. The average Bonchev–Trinajstić information content (AvgIpc) is 2.62. The van der Waals surface area contributed by atoms with E-state index in [9.17, 15) is 5.11 Å². The predicted octanol–water partition coefficient (Wildman–Crippen LogP) is 4.26. The highest BCUT2D eigenvalue weighted by Gasteiger charge is 2.16. The molecule has 2 aromatic rings. The van der Waals surface area contributed by atoms with Gasteiger partial charge < -0.3 is 19.9 Å². The van der Waals surface area contributed by atoms with Gasteiger partial charge in [0.25, 0.3) is 0 Å². The van der Waals surface area contributed by atoms with E-state index in [1.165, 1.54) is 0 Å². The van der Waals surface area contributed by atoms with Gasteiger partial charge >= 0.3 is 0 Å². The largest absolute Gasteiger partial charge is 0.493 e. The van der Waals surface area contributed by atoms with Crippen LogP contribution in [0.5, 0.6) is 11.5 Å². The SMILES string of the molecule is CCOc1cc(C(CSC)Nc2ncc(Br)cc2CO)ccc1OC. The number of anilines is 1. The number of aromatic nitrogens is 1. The highest BCUT2D eigenvalue weighted by atomic mass is 79.9. The van der Waals surface area contributed by atoms with Crippen LogP contribution in [-0.2, 0) is 6.61 Å². The van der Waals surface area contributed by atoms with E-state index in [2.05, 4.69) is 32.5 Å². The maximum absolute atomic E-state index is 9.60. The first-order valence-corrected chi connectivity index (χ1v) is 10.1. The smallest absolute Gasteiger partial charge is 0.161 e. The van der Waals surface area contributed by atoms with Gasteiger partial charge in [-0.2, -0.15) is 11.8 Å². The fourth-order valence-corrected chi connectivity index (χ4v) is 3.45. The lowest BCUT2D eigenvalue weighted by Gasteiger charge is -2.22. The monoisotopic (exact) mass is 426 g/mol. The summed E-state index contributed by atoms with van der Waals surface area (Å²) in [5.41, 5.74) is 1.83. The number of rotatable bonds is 9. The summed E-state index contributed by atoms with van der Waals surface area (Å²) < 4.78 is 11.9. The van der Waals surface area contributed by atoms with Crippen molar-refractivity contribution in [2.45, 2.75) is 19.6 Å². The highest BCUT2D eigenvalue weighted by Crippen LogP contribution is 2.33. The number of benzene rings is 1. The summed E-state index contributed by atoms with van der Waals surface area (Å²) in [6.07, 6.45) is 3.78. The van der Waals surface area contributed by atoms with Crippen molar-refractivity contribution >= 4 is 33.5 Å². The molecule has 2 N–H and O–H groups in total. The van der Waals surface area contributed by atoms with E-state index in [4.69, 9.17) is 9.47 Å². The first kappa shape index (κ1) is 19.9. The van der Waals surface area contributed by atoms with Gasteiger partial charge in [-0.05, 0) is 52.9 Å². The van der Waals surface area contributed by atoms with Crippen LogP contribution < -0.4 is 14.8 Å². The van der Waals surface area contributed by atoms with Crippen molar-refractivity contribution in [2.24, 2.45) is 0 Å². The summed E-state index contributed by atoms with van der Waals surface area (Å²) in [7, 11) is 1.63. The Bertz CT molecular complexity index is 700. The van der Waals surface area contributed by atoms with Crippen LogP contribution in [0.15, 0.2) is 34.9 Å². The van der Waals surface area contributed by atoms with Gasteiger partial charge in [0.1, 0.15) is 5.82 Å². The number of ether oxygens (including phenoxy) is 2. The second-order valence-corrected chi connectivity index (χ2v) is 7.14. The topological polar surface area (TPSA) is 63.6 Å². The summed E-state index contributed by atoms with van der Waals surface area (Å²) in [5, 5.41) is 13.0. The molecule has 1 atom stereocenters. The fourth-order valence-electron chi connectivity index (χ4n) is 2.46. The van der Waals surface area contributed by atoms with E-state index in [1.807, 2.05) is 31.2 Å². The summed E-state index contributed by atoms with van der Waals surface area (Å²) in [5.74, 6) is 2.96. The van der Waals surface area contributed by atoms with Gasteiger partial charge in [0.05, 0.1) is 26.4 Å². The molecule has 5 nitrogen and oxygen atoms in total. The van der Waals surface area contributed by atoms with Crippen LogP contribution in [-0.4, -0.2) is 35.8 Å². The molecule has 1 aromatic heterocycles. The molecule has 0 bridgehead atoms. The van der Waals surface area contributed by atoms with Gasteiger partial charge in [-0.3, -0.25) is 0 Å². The Balaban J connectivity index is 2.33. The number of methoxy groups -OCH3 is 1. The Hall–Kier alpha value is -1.44. The minimum absolute atomic E-state index is 0.0269. The third-order valence-corrected chi connectivity index (χ3v) is 4.74. The van der Waals surface area contributed by atoms with Crippen LogP contribution in [0, 0.1) is 0 Å². The molecule has 0 saturated heterocycles. The maximum Gasteiger partial charge on any atom is 0.161 e. The molecule has 2 rings (SSSR count). The van der Waals surface area contributed by atoms with Gasteiger partial charge in [0.15, 0.2) is 11.5 Å². The Morgan fingerprint density at radius 2 is 2.12 bits per heavy atom. The molecule has 25 heavy (non-hydrogen) atoms. The van der Waals surface area contributed by atoms with Crippen LogP contribution >= 0.6 is 27.7 Å². The summed E-state index contributed by atoms with van der Waals surface area (Å²) >= 11 is 5.12. The zero-order valence-corrected chi connectivity index (χ0v) is 17.0. The second kappa shape index (κ2) is 9.89. The molecule has 0 aliphatic heterocycles. The minimum Gasteiger partial charge on any atom is -0.493 e. The first-order chi connectivity index (χ1) is 12.1. The van der Waals surface area contributed by atoms with E-state index in [0.717, 1.165) is 27.1 Å². The first-order valence-electron chi connectivity index (χ1n) is 7.94. The fraction of sp³-hybridized carbons (Fsp3) is 0.389. The van der Waals surface area contributed by atoms with Crippen molar-refractivity contribution in [3.63, 3.8) is 0 Å². The van der Waals surface area contributed by atoms with Crippen LogP contribution in [0.1, 0.15) is 24.1 Å². The number of aliphatic hydroxyl groups is 1. The number of pyridine rings is 1. The van der Waals surface area contributed by atoms with Crippen LogP contribution in [0.2, 0.25) is 0 Å². The second-order valence-electron chi connectivity index (χ2n) is 5.31. The van der Waals surface area contributed by atoms with Gasteiger partial charge in [-0.1, -0.05) is 6.07 Å². The summed E-state index contributed by atoms with van der Waals surface area (Å²) in [6, 6.07) is 7.82. The number of aliphatic hydroxyl groups excluding tert-OH is 1. The van der Waals surface area contributed by atoms with Crippen molar-refractivity contribution in [1.29, 1.82) is 0 Å². The summed E-state index contributed by atoms with van der Waals surface area (Å²) in [6.45, 7) is 2.44. The van der Waals surface area contributed by atoms with Crippen LogP contribution in [0.3, 0.4) is 0 Å². The number of nitrogens with zero attached hydrogens (tertiary/aromatic N) is 1. The molecule has 0 saturated carbocycles. The lowest BCUT2D eigenvalue weighted by molar-refractivity contribution is 0.282. The lowest BCUT2D eigenvalue weighted by Crippen LogP contribution is -2.16. The van der Waals surface area contributed by atoms with E-state index in [1.54, 1.807) is 25.1 Å². The number of halogens is 1. The normalized spacial score (nSPS) is 11.9. The van der Waals surface area contributed by atoms with Crippen molar-refractivity contribution in [2.75, 3.05) is 31.0 Å². The van der Waals surface area contributed by atoms with Crippen molar-refractivity contribution in [3.8, 4) is 11.5 Å². The van der Waals surface area contributed by atoms with Gasteiger partial charge in [-0.25, -0.2) is 4.98 Å². The number of thioether (sulfide) groups is 1. The van der Waals surface area contributed by atoms with Crippen LogP contribution in [0.25, 0.3) is 0 Å². The molecule has 0 fully saturated rings. The molecular formula is C18H23BrN2O3S. The molecule has 1 unspecified atom stereocenters. The molecule has 7 heteroatoms. The zero-order valence-electron chi connectivity index (χ0n) is 14.6. The van der Waals surface area contributed by atoms with E-state index >= 15 is 0 Å². The number of hydrogen-bond acceptors (Lipinski definition) is 6. The van der Waals surface area contributed by atoms with E-state index in [0.29, 0.717) is 18.2 Å². The van der Waals surface area contributed by atoms with Crippen molar-refractivity contribution < 1.29 is 14.6 Å². The molecule has 0 radical (unpaired) electrons. The molecule has 1 aromatic carbocycles. The molecular weight excluding hydrogens is 404 g/mol. The Labute approximate surface area is 161 Å². The van der Waals surface area contributed by atoms with Gasteiger partial charge in [-0.15, -0.1) is 0 Å². The number of hydrogen-bond donors (Lipinski definition) is 2. The Morgan fingerprint density at radius 3 is 2.76 bits per heavy atom. The molecule has 0 aliphatic carbocycles. The predicted molar refractivity (Wildman–Crippen MR) is 107 cm³/mol. The quantitative estimate of drug-likeness (QED) is 0.624. The Kier molecular flexibility index (Phi) is 7.87. The number of nitrogens with one attached hydrogen (secondary N) is 1. The molecule has 1 heterocycles. The lowest BCUT2D eigenvalue weighted by atomic mass is 10.1. The van der Waals surface area contributed by atoms with Crippen LogP contribution in [0.4, 0.5) is 5.82 Å². The average molecular weight is 427 g/mol. The Morgan fingerprint density at radius 1 is 1.32 bits per heavy atom. The minimum atomic E-state index is -0.0758. The van der Waals surface area contributed by atoms with Gasteiger partial charge in [0.2, 0.25) is 0 Å². The van der Waals surface area contributed by atoms with E-state index in [-0.39, 0.29) is 12.6 Å². The molecule has 0 aliphatic rings. The van der Waals surface area contributed by atoms with Crippen molar-refractivity contribution in [1.82, 2.24) is 4.98 Å². The standard InChI is InChI=1S/C18H23BrN2O3S/c1-4-24-17-8-12(5-6-16(17)23-2)15(11-25-3)21-18-13(10-22)7-14(19)9-20-18/h5-9,15,22H,4,10-11H2,1-3H3,(H,20,21). The third-order valence-electron chi connectivity index (χ3n) is 3.64. The highest BCUT2D eigenvalue weighted by molar-refractivity contribution is 9.10.